The molecule has 5 nitrogen and oxygen atoms in total. The monoisotopic (exact) mass is 339 g/mol. The summed E-state index contributed by atoms with van der Waals surface area (Å²) in [5.74, 6) is 2.09. The Bertz CT molecular complexity index is 876. The number of rotatable bonds is 6. The maximum absolute atomic E-state index is 12.8. The van der Waals surface area contributed by atoms with Crippen molar-refractivity contribution in [2.24, 2.45) is 28.1 Å². The molecule has 0 aromatic heterocycles. The number of ketones is 1. The average Bonchev–Trinajstić information content (AvgIpc) is 3.52. The molecule has 1 aromatic carbocycles. The molecule has 1 spiro atoms. The van der Waals surface area contributed by atoms with E-state index in [0.717, 1.165) is 5.56 Å². The van der Waals surface area contributed by atoms with Crippen molar-refractivity contribution in [1.29, 1.82) is 0 Å². The summed E-state index contributed by atoms with van der Waals surface area (Å²) in [7, 11) is 3.20. The first-order valence-corrected chi connectivity index (χ1v) is 8.67. The fraction of sp³-hybridized carbons (Fsp3) is 0.500. The van der Waals surface area contributed by atoms with Crippen LogP contribution in [0.15, 0.2) is 30.4 Å². The van der Waals surface area contributed by atoms with Crippen molar-refractivity contribution >= 4 is 11.7 Å². The highest BCUT2D eigenvalue weighted by Crippen LogP contribution is 3.18. The van der Waals surface area contributed by atoms with Crippen LogP contribution in [0.4, 0.5) is 0 Å². The molecule has 5 rings (SSSR count). The fourth-order valence-electron chi connectivity index (χ4n) is 6.13. The Morgan fingerprint density at radius 3 is 2.56 bits per heavy atom. The van der Waals surface area contributed by atoms with Crippen LogP contribution in [-0.2, 0) is 16.0 Å². The third-order valence-electron chi connectivity index (χ3n) is 7.40. The van der Waals surface area contributed by atoms with Gasteiger partial charge in [0.05, 0.1) is 14.2 Å². The molecule has 5 heteroatoms. The SMILES string of the molecule is C=C1C(=O)C2(C(=O)NCCc3ccc(OC)c(OC)c3)C3C4C1(C)C432. The lowest BCUT2D eigenvalue weighted by atomic mass is 9.78. The van der Waals surface area contributed by atoms with Gasteiger partial charge in [0.2, 0.25) is 5.91 Å². The number of carbonyl (C=O) groups excluding carboxylic acids is 2. The van der Waals surface area contributed by atoms with E-state index in [1.165, 1.54) is 0 Å². The van der Waals surface area contributed by atoms with Crippen LogP contribution in [0.2, 0.25) is 0 Å². The van der Waals surface area contributed by atoms with Gasteiger partial charge in [-0.1, -0.05) is 19.6 Å². The molecule has 130 valence electrons. The molecule has 0 bridgehead atoms. The predicted molar refractivity (Wildman–Crippen MR) is 90.4 cm³/mol. The predicted octanol–water partition coefficient (Wildman–Crippen LogP) is 1.75. The van der Waals surface area contributed by atoms with Gasteiger partial charge in [0, 0.05) is 17.4 Å². The van der Waals surface area contributed by atoms with Crippen molar-refractivity contribution in [1.82, 2.24) is 5.32 Å². The van der Waals surface area contributed by atoms with Gasteiger partial charge in [-0.25, -0.2) is 0 Å². The Labute approximate surface area is 146 Å². The molecule has 4 aliphatic rings. The van der Waals surface area contributed by atoms with E-state index >= 15 is 0 Å². The second-order valence-corrected chi connectivity index (χ2v) is 7.84. The van der Waals surface area contributed by atoms with E-state index in [2.05, 4.69) is 18.8 Å². The lowest BCUT2D eigenvalue weighted by molar-refractivity contribution is -0.136. The molecule has 4 fully saturated rings. The number of amides is 1. The van der Waals surface area contributed by atoms with Gasteiger partial charge in [-0.2, -0.15) is 0 Å². The zero-order valence-electron chi connectivity index (χ0n) is 14.6. The minimum absolute atomic E-state index is 0.00823. The Balaban J connectivity index is 1.25. The van der Waals surface area contributed by atoms with E-state index in [1.54, 1.807) is 14.2 Å². The third kappa shape index (κ3) is 1.23. The van der Waals surface area contributed by atoms with Crippen LogP contribution in [0, 0.1) is 28.1 Å². The van der Waals surface area contributed by atoms with E-state index in [1.807, 2.05) is 18.2 Å². The summed E-state index contributed by atoms with van der Waals surface area (Å²) in [6, 6.07) is 5.72. The number of Topliss-reactive ketones (excluding diaryl/α,β-unsaturated/α-hetero) is 1. The molecule has 5 unspecified atom stereocenters. The third-order valence-corrected chi connectivity index (χ3v) is 7.40. The van der Waals surface area contributed by atoms with Crippen molar-refractivity contribution in [3.8, 4) is 11.5 Å². The Morgan fingerprint density at radius 2 is 1.96 bits per heavy atom. The van der Waals surface area contributed by atoms with Crippen LogP contribution in [-0.4, -0.2) is 32.5 Å². The first-order chi connectivity index (χ1) is 11.9. The summed E-state index contributed by atoms with van der Waals surface area (Å²) >= 11 is 0. The summed E-state index contributed by atoms with van der Waals surface area (Å²) < 4.78 is 10.5. The molecule has 0 saturated heterocycles. The normalized spacial score (nSPS) is 40.9. The number of hydrogen-bond acceptors (Lipinski definition) is 4. The van der Waals surface area contributed by atoms with Crippen molar-refractivity contribution in [2.75, 3.05) is 20.8 Å². The Hall–Kier alpha value is -2.30. The molecule has 0 heterocycles. The highest BCUT2D eigenvalue weighted by atomic mass is 16.5. The Morgan fingerprint density at radius 1 is 1.24 bits per heavy atom. The van der Waals surface area contributed by atoms with Crippen LogP contribution in [0.1, 0.15) is 12.5 Å². The summed E-state index contributed by atoms with van der Waals surface area (Å²) in [5.41, 5.74) is 0.846. The first-order valence-electron chi connectivity index (χ1n) is 8.67. The molecule has 1 N–H and O–H groups in total. The molecule has 0 radical (unpaired) electrons. The number of ether oxygens (including phenoxy) is 2. The van der Waals surface area contributed by atoms with Gasteiger partial charge in [-0.3, -0.25) is 9.59 Å². The molecule has 1 aromatic rings. The molecule has 25 heavy (non-hydrogen) atoms. The fourth-order valence-corrected chi connectivity index (χ4v) is 6.13. The van der Waals surface area contributed by atoms with E-state index in [4.69, 9.17) is 9.47 Å². The van der Waals surface area contributed by atoms with Gasteiger partial charge in [0.1, 0.15) is 5.41 Å². The van der Waals surface area contributed by atoms with Crippen LogP contribution < -0.4 is 14.8 Å². The van der Waals surface area contributed by atoms with Crippen LogP contribution >= 0.6 is 0 Å². The summed E-state index contributed by atoms with van der Waals surface area (Å²) in [5, 5.41) is 2.99. The first kappa shape index (κ1) is 15.0. The Kier molecular flexibility index (Phi) is 2.45. The van der Waals surface area contributed by atoms with E-state index in [-0.39, 0.29) is 22.5 Å². The largest absolute Gasteiger partial charge is 0.493 e. The van der Waals surface area contributed by atoms with Gasteiger partial charge in [-0.05, 0) is 41.5 Å². The van der Waals surface area contributed by atoms with Gasteiger partial charge in [0.25, 0.3) is 0 Å². The molecule has 1 amide bonds. The lowest BCUT2D eigenvalue weighted by Crippen LogP contribution is -2.43. The standard InChI is InChI=1S/C20H21NO4/c1-10-16(22)19(15-14-18(10,2)20(14,15)19)17(23)21-8-7-11-5-6-12(24-3)13(9-11)25-4/h5-6,9,14-15H,1,7-8H2,2-4H3,(H,21,23). The number of fused-ring (bicyclic) bond motifs is 3. The molecular formula is C20H21NO4. The van der Waals surface area contributed by atoms with Crippen LogP contribution in [0.3, 0.4) is 0 Å². The minimum atomic E-state index is -0.763. The number of benzene rings is 1. The topological polar surface area (TPSA) is 64.6 Å². The smallest absolute Gasteiger partial charge is 0.235 e. The second-order valence-electron chi connectivity index (χ2n) is 7.84. The molecular weight excluding hydrogens is 318 g/mol. The number of methoxy groups -OCH3 is 2. The summed E-state index contributed by atoms with van der Waals surface area (Å²) in [4.78, 5) is 25.3. The van der Waals surface area contributed by atoms with E-state index in [0.29, 0.717) is 41.9 Å². The molecule has 4 saturated carbocycles. The highest BCUT2D eigenvalue weighted by molar-refractivity contribution is 6.27. The number of allylic oxidation sites excluding steroid dienone is 1. The quantitative estimate of drug-likeness (QED) is 0.633. The van der Waals surface area contributed by atoms with Gasteiger partial charge in [0.15, 0.2) is 17.3 Å². The van der Waals surface area contributed by atoms with Gasteiger partial charge >= 0.3 is 0 Å². The summed E-state index contributed by atoms with van der Waals surface area (Å²) in [6.07, 6.45) is 0.676. The maximum Gasteiger partial charge on any atom is 0.235 e. The highest BCUT2D eigenvalue weighted by Gasteiger charge is 3.21. The zero-order valence-corrected chi connectivity index (χ0v) is 14.6. The number of nitrogens with one attached hydrogen (secondary N) is 1. The summed E-state index contributed by atoms with van der Waals surface area (Å²) in [6.45, 7) is 6.56. The number of hydrogen-bond donors (Lipinski definition) is 1. The van der Waals surface area contributed by atoms with Crippen molar-refractivity contribution in [3.05, 3.63) is 35.9 Å². The molecule has 5 atom stereocenters. The van der Waals surface area contributed by atoms with Crippen LogP contribution in [0.5, 0.6) is 11.5 Å². The molecule has 4 aliphatic carbocycles. The van der Waals surface area contributed by atoms with Gasteiger partial charge < -0.3 is 14.8 Å². The zero-order chi connectivity index (χ0) is 17.8. The van der Waals surface area contributed by atoms with Gasteiger partial charge in [-0.15, -0.1) is 0 Å². The number of carbonyl (C=O) groups is 2. The van der Waals surface area contributed by atoms with E-state index in [9.17, 15) is 9.59 Å². The average molecular weight is 339 g/mol. The minimum Gasteiger partial charge on any atom is -0.493 e. The van der Waals surface area contributed by atoms with Crippen molar-refractivity contribution < 1.29 is 19.1 Å². The van der Waals surface area contributed by atoms with Crippen LogP contribution in [0.25, 0.3) is 0 Å². The lowest BCUT2D eigenvalue weighted by Gasteiger charge is -2.24. The van der Waals surface area contributed by atoms with Crippen molar-refractivity contribution in [2.45, 2.75) is 13.3 Å². The van der Waals surface area contributed by atoms with Crippen molar-refractivity contribution in [3.63, 3.8) is 0 Å². The molecule has 0 aliphatic heterocycles. The maximum atomic E-state index is 12.8. The second kappa shape index (κ2) is 4.09. The van der Waals surface area contributed by atoms with E-state index < -0.39 is 5.41 Å².